The molecular weight excluding hydrogens is 181 g/mol. The molecule has 68 valence electrons. The molecule has 0 atom stereocenters. The van der Waals surface area contributed by atoms with E-state index >= 15 is 0 Å². The molecule has 2 amide bonds. The summed E-state index contributed by atoms with van der Waals surface area (Å²) in [6, 6.07) is 0. The monoisotopic (exact) mass is 193 g/mol. The fourth-order valence-corrected chi connectivity index (χ4v) is 1.38. The predicted molar refractivity (Wildman–Crippen MR) is 52.8 cm³/mol. The number of carbonyl (C=O) groups excluding carboxylic acids is 2. The van der Waals surface area contributed by atoms with Crippen LogP contribution in [0.15, 0.2) is 22.7 Å². The van der Waals surface area contributed by atoms with Crippen molar-refractivity contribution in [2.45, 2.75) is 13.3 Å². The molecule has 0 radical (unpaired) electrons. The summed E-state index contributed by atoms with van der Waals surface area (Å²) in [6.07, 6.45) is 5.57. The second kappa shape index (κ2) is 4.41. The van der Waals surface area contributed by atoms with Gasteiger partial charge in [0.05, 0.1) is 0 Å². The molecule has 0 bridgehead atoms. The largest absolute Gasteiger partial charge is 0.275 e. The summed E-state index contributed by atoms with van der Waals surface area (Å²) in [6.45, 7) is 2.41. The average Bonchev–Trinajstić information content (AvgIpc) is 2.03. The minimum Gasteiger partial charge on any atom is -0.275 e. The summed E-state index contributed by atoms with van der Waals surface area (Å²) in [5.41, 5.74) is 0. The molecule has 1 aliphatic rings. The van der Waals surface area contributed by atoms with Gasteiger partial charge in [0, 0.05) is 6.54 Å². The third-order valence-electron chi connectivity index (χ3n) is 1.72. The van der Waals surface area contributed by atoms with Crippen LogP contribution in [0, 0.1) is 0 Å². The van der Waals surface area contributed by atoms with Crippen molar-refractivity contribution in [2.24, 2.45) is 0 Å². The molecule has 0 saturated heterocycles. The van der Waals surface area contributed by atoms with Crippen molar-refractivity contribution in [3.63, 3.8) is 0 Å². The Kier molecular flexibility index (Phi) is 3.47. The van der Waals surface area contributed by atoms with E-state index in [1.165, 1.54) is 11.0 Å². The van der Waals surface area contributed by atoms with Gasteiger partial charge in [0.2, 0.25) is 0 Å². The zero-order valence-corrected chi connectivity index (χ0v) is 9.91. The number of carbonyl (C=O) groups is 2. The van der Waals surface area contributed by atoms with Gasteiger partial charge in [-0.15, -0.1) is 4.44 Å². The second-order valence-corrected chi connectivity index (χ2v) is 4.82. The van der Waals surface area contributed by atoms with Gasteiger partial charge < -0.3 is 0 Å². The Balaban J connectivity index is 2.72. The number of imide groups is 1. The van der Waals surface area contributed by atoms with Crippen LogP contribution in [0.5, 0.6) is 0 Å². The molecule has 0 aliphatic carbocycles. The van der Waals surface area contributed by atoms with E-state index < -0.39 is 0 Å². The molecule has 0 aromatic rings. The van der Waals surface area contributed by atoms with E-state index in [4.69, 9.17) is 0 Å². The number of hydrogen-bond acceptors (Lipinski definition) is 2. The van der Waals surface area contributed by atoms with Crippen molar-refractivity contribution in [3.8, 4) is 0 Å². The number of amides is 2. The zero-order chi connectivity index (χ0) is 9.84. The summed E-state index contributed by atoms with van der Waals surface area (Å²) in [5, 5.41) is 0. The van der Waals surface area contributed by atoms with Crippen LogP contribution >= 0.6 is 0 Å². The zero-order valence-electron chi connectivity index (χ0n) is 7.91. The smallest absolute Gasteiger partial charge is 0.253 e. The maximum absolute atomic E-state index is 11.4. The average molecular weight is 193 g/mol. The Labute approximate surface area is 85.5 Å². The van der Waals surface area contributed by atoms with Gasteiger partial charge in [0.1, 0.15) is 0 Å². The third kappa shape index (κ3) is 2.84. The van der Waals surface area contributed by atoms with Crippen LogP contribution in [-0.4, -0.2) is 39.5 Å². The van der Waals surface area contributed by atoms with E-state index in [1.807, 2.05) is 6.92 Å². The molecule has 0 aromatic heterocycles. The van der Waals surface area contributed by atoms with E-state index in [9.17, 15) is 9.59 Å². The number of hydrogen-bond donors (Lipinski definition) is 0. The highest BCUT2D eigenvalue weighted by Gasteiger charge is 2.18. The first kappa shape index (κ1) is 10.2. The SMILES string of the molecule is C/[C]([AlH2])=C/C(=O)N1CCC=CC1=O. The summed E-state index contributed by atoms with van der Waals surface area (Å²) in [4.78, 5) is 23.9. The quantitative estimate of drug-likeness (QED) is 0.428. The fourth-order valence-electron chi connectivity index (χ4n) is 1.13. The standard InChI is InChI=1S/C9H10NO2.Al.2H/c1-2-5-8(11)10-7-4-3-6-9(10)12;;;/h3,5-6H,4,7H2,1H3;;;. The lowest BCUT2D eigenvalue weighted by Crippen LogP contribution is -2.37. The third-order valence-corrected chi connectivity index (χ3v) is 2.01. The molecule has 1 aliphatic heterocycles. The second-order valence-electron chi connectivity index (χ2n) is 3.24. The van der Waals surface area contributed by atoms with Crippen molar-refractivity contribution in [2.75, 3.05) is 6.54 Å². The van der Waals surface area contributed by atoms with Crippen LogP contribution in [0.2, 0.25) is 0 Å². The van der Waals surface area contributed by atoms with Crippen molar-refractivity contribution in [1.82, 2.24) is 4.90 Å². The van der Waals surface area contributed by atoms with Crippen LogP contribution in [-0.2, 0) is 9.59 Å². The number of nitrogens with zero attached hydrogens (tertiary/aromatic N) is 1. The molecule has 1 heterocycles. The molecule has 3 nitrogen and oxygen atoms in total. The molecule has 4 heteroatoms. The van der Waals surface area contributed by atoms with Crippen LogP contribution in [0.4, 0.5) is 0 Å². The fraction of sp³-hybridized carbons (Fsp3) is 0.333. The molecule has 0 N–H and O–H groups in total. The highest BCUT2D eigenvalue weighted by molar-refractivity contribution is 6.23. The van der Waals surface area contributed by atoms with Crippen LogP contribution in [0.1, 0.15) is 13.3 Å². The highest BCUT2D eigenvalue weighted by atomic mass is 27.0. The van der Waals surface area contributed by atoms with Gasteiger partial charge in [-0.3, -0.25) is 14.5 Å². The van der Waals surface area contributed by atoms with Crippen LogP contribution in [0.3, 0.4) is 0 Å². The molecule has 0 spiro atoms. The Morgan fingerprint density at radius 2 is 2.38 bits per heavy atom. The maximum atomic E-state index is 11.4. The van der Waals surface area contributed by atoms with Gasteiger partial charge in [0.15, 0.2) is 0 Å². The van der Waals surface area contributed by atoms with Gasteiger partial charge >= 0.3 is 0 Å². The molecule has 13 heavy (non-hydrogen) atoms. The molecule has 0 saturated carbocycles. The van der Waals surface area contributed by atoms with Gasteiger partial charge in [-0.05, 0) is 18.6 Å². The molecular formula is C9H12AlNO2. The van der Waals surface area contributed by atoms with E-state index in [2.05, 4.69) is 0 Å². The summed E-state index contributed by atoms with van der Waals surface area (Å²) < 4.78 is 1.05. The highest BCUT2D eigenvalue weighted by Crippen LogP contribution is 2.04. The van der Waals surface area contributed by atoms with E-state index in [1.54, 1.807) is 12.2 Å². The normalized spacial score (nSPS) is 17.8. The lowest BCUT2D eigenvalue weighted by molar-refractivity contribution is -0.139. The van der Waals surface area contributed by atoms with Crippen molar-refractivity contribution in [3.05, 3.63) is 22.7 Å². The van der Waals surface area contributed by atoms with Crippen LogP contribution in [0.25, 0.3) is 0 Å². The Bertz CT molecular complexity index is 290. The topological polar surface area (TPSA) is 37.4 Å². The van der Waals surface area contributed by atoms with Crippen molar-refractivity contribution in [1.29, 1.82) is 0 Å². The Hall–Kier alpha value is -0.848. The Morgan fingerprint density at radius 1 is 1.69 bits per heavy atom. The molecule has 0 fully saturated rings. The first-order chi connectivity index (χ1) is 6.11. The molecule has 1 rings (SSSR count). The lowest BCUT2D eigenvalue weighted by Gasteiger charge is -2.19. The van der Waals surface area contributed by atoms with E-state index in [-0.39, 0.29) is 11.8 Å². The first-order valence-electron chi connectivity index (χ1n) is 4.28. The van der Waals surface area contributed by atoms with Gasteiger partial charge in [-0.25, -0.2) is 0 Å². The van der Waals surface area contributed by atoms with Gasteiger partial charge in [0.25, 0.3) is 28.1 Å². The van der Waals surface area contributed by atoms with E-state index in [0.717, 1.165) is 27.1 Å². The lowest BCUT2D eigenvalue weighted by atomic mass is 10.2. The van der Waals surface area contributed by atoms with E-state index in [0.29, 0.717) is 6.54 Å². The first-order valence-corrected chi connectivity index (χ1v) is 5.28. The number of allylic oxidation sites excluding steroid dienone is 1. The van der Waals surface area contributed by atoms with Crippen molar-refractivity contribution >= 4 is 28.1 Å². The number of rotatable bonds is 1. The van der Waals surface area contributed by atoms with Crippen molar-refractivity contribution < 1.29 is 9.59 Å². The molecule has 0 unspecified atom stereocenters. The summed E-state index contributed by atoms with van der Waals surface area (Å²) in [5.74, 6) is -0.378. The predicted octanol–water partition coefficient (Wildman–Crippen LogP) is -0.162. The summed E-state index contributed by atoms with van der Waals surface area (Å²) in [7, 11) is 0. The molecule has 0 aromatic carbocycles. The van der Waals surface area contributed by atoms with Gasteiger partial charge in [-0.2, -0.15) is 0 Å². The van der Waals surface area contributed by atoms with Crippen LogP contribution < -0.4 is 0 Å². The summed E-state index contributed by atoms with van der Waals surface area (Å²) >= 11 is 0.865. The minimum atomic E-state index is -0.199. The minimum absolute atomic E-state index is 0.179. The Morgan fingerprint density at radius 3 is 2.92 bits per heavy atom. The van der Waals surface area contributed by atoms with Gasteiger partial charge in [-0.1, -0.05) is 13.0 Å². The maximum Gasteiger partial charge on any atom is 0.253 e.